The number of aryl methyl sites for hydroxylation is 2. The minimum Gasteiger partial charge on any atom is -0.384 e. The fraction of sp³-hybridized carbons (Fsp3) is 0.375. The highest BCUT2D eigenvalue weighted by Gasteiger charge is 2.10. The van der Waals surface area contributed by atoms with Crippen LogP contribution in [0.15, 0.2) is 12.1 Å². The van der Waals surface area contributed by atoms with Crippen molar-refractivity contribution in [3.05, 3.63) is 23.4 Å². The number of pyridine rings is 1. The molecule has 0 aliphatic heterocycles. The van der Waals surface area contributed by atoms with E-state index in [1.807, 2.05) is 6.07 Å². The fourth-order valence-corrected chi connectivity index (χ4v) is 1.44. The van der Waals surface area contributed by atoms with Crippen molar-refractivity contribution in [1.29, 1.82) is 0 Å². The molecule has 0 amide bonds. The third kappa shape index (κ3) is 1.46. The van der Waals surface area contributed by atoms with Gasteiger partial charge in [0.1, 0.15) is 5.82 Å². The number of nitrogens with zero attached hydrogens (tertiary/aromatic N) is 1. The van der Waals surface area contributed by atoms with E-state index in [0.29, 0.717) is 5.82 Å². The maximum Gasteiger partial charge on any atom is 0.123 e. The Labute approximate surface area is 72.2 Å². The van der Waals surface area contributed by atoms with Crippen LogP contribution in [0.3, 0.4) is 0 Å². The van der Waals surface area contributed by atoms with E-state index in [9.17, 15) is 0 Å². The number of hydrogen-bond donors (Lipinski definition) is 1. The quantitative estimate of drug-likeness (QED) is 0.642. The number of nitrogens with two attached hydrogens (primary N) is 1. The third-order valence-electron chi connectivity index (χ3n) is 1.95. The number of nitrogen functional groups attached to an aromatic ring is 1. The average molecular weight is 171 g/mol. The van der Waals surface area contributed by atoms with Crippen LogP contribution in [0.1, 0.15) is 17.7 Å². The summed E-state index contributed by atoms with van der Waals surface area (Å²) in [6, 6.07) is 3.97. The van der Waals surface area contributed by atoms with Crippen LogP contribution in [-0.4, -0.2) is 4.98 Å². The minimum atomic E-state index is 0. The summed E-state index contributed by atoms with van der Waals surface area (Å²) in [5, 5.41) is 0. The Hall–Kier alpha value is -0.760. The van der Waals surface area contributed by atoms with Crippen LogP contribution in [0.2, 0.25) is 0 Å². The number of rotatable bonds is 0. The van der Waals surface area contributed by atoms with E-state index in [-0.39, 0.29) is 12.4 Å². The van der Waals surface area contributed by atoms with Gasteiger partial charge in [-0.05, 0) is 30.9 Å². The highest BCUT2D eigenvalue weighted by molar-refractivity contribution is 5.85. The number of fused-ring (bicyclic) bond motifs is 1. The van der Waals surface area contributed by atoms with E-state index < -0.39 is 0 Å². The highest BCUT2D eigenvalue weighted by atomic mass is 35.5. The second-order valence-corrected chi connectivity index (χ2v) is 2.70. The van der Waals surface area contributed by atoms with Gasteiger partial charge in [-0.3, -0.25) is 0 Å². The summed E-state index contributed by atoms with van der Waals surface area (Å²) in [5.41, 5.74) is 8.11. The molecule has 0 aromatic carbocycles. The molecule has 0 radical (unpaired) electrons. The van der Waals surface area contributed by atoms with Gasteiger partial charge in [-0.25, -0.2) is 4.98 Å². The Balaban J connectivity index is 0.000000605. The van der Waals surface area contributed by atoms with Gasteiger partial charge in [-0.1, -0.05) is 6.07 Å². The van der Waals surface area contributed by atoms with E-state index in [4.69, 9.17) is 5.73 Å². The van der Waals surface area contributed by atoms with Gasteiger partial charge >= 0.3 is 0 Å². The van der Waals surface area contributed by atoms with E-state index in [1.165, 1.54) is 24.1 Å². The molecule has 1 heterocycles. The Morgan fingerprint density at radius 2 is 2.09 bits per heavy atom. The summed E-state index contributed by atoms with van der Waals surface area (Å²) >= 11 is 0. The van der Waals surface area contributed by atoms with Crippen molar-refractivity contribution in [2.45, 2.75) is 19.3 Å². The number of halogens is 1. The van der Waals surface area contributed by atoms with E-state index >= 15 is 0 Å². The summed E-state index contributed by atoms with van der Waals surface area (Å²) < 4.78 is 0. The van der Waals surface area contributed by atoms with Crippen molar-refractivity contribution in [2.75, 3.05) is 5.73 Å². The maximum atomic E-state index is 5.52. The molecule has 11 heavy (non-hydrogen) atoms. The van der Waals surface area contributed by atoms with Crippen molar-refractivity contribution < 1.29 is 0 Å². The monoisotopic (exact) mass is 170 g/mol. The molecule has 0 saturated heterocycles. The third-order valence-corrected chi connectivity index (χ3v) is 1.95. The molecule has 2 rings (SSSR count). The van der Waals surface area contributed by atoms with E-state index in [0.717, 1.165) is 6.42 Å². The largest absolute Gasteiger partial charge is 0.384 e. The van der Waals surface area contributed by atoms with Gasteiger partial charge in [-0.15, -0.1) is 12.4 Å². The van der Waals surface area contributed by atoms with Gasteiger partial charge in [-0.2, -0.15) is 0 Å². The topological polar surface area (TPSA) is 38.9 Å². The summed E-state index contributed by atoms with van der Waals surface area (Å²) in [5.74, 6) is 0.653. The lowest BCUT2D eigenvalue weighted by atomic mass is 10.2. The second kappa shape index (κ2) is 3.09. The van der Waals surface area contributed by atoms with Crippen molar-refractivity contribution in [2.24, 2.45) is 0 Å². The molecule has 2 nitrogen and oxygen atoms in total. The van der Waals surface area contributed by atoms with Gasteiger partial charge in [0.2, 0.25) is 0 Å². The SMILES string of the molecule is Cl.Nc1ccc2c(n1)CCC2. The zero-order chi connectivity index (χ0) is 6.97. The first-order chi connectivity index (χ1) is 4.86. The molecule has 0 fully saturated rings. The van der Waals surface area contributed by atoms with Crippen LogP contribution in [0, 0.1) is 0 Å². The molecule has 0 spiro atoms. The molecular weight excluding hydrogens is 160 g/mol. The molecule has 0 saturated carbocycles. The minimum absolute atomic E-state index is 0. The first kappa shape index (κ1) is 8.34. The zero-order valence-electron chi connectivity index (χ0n) is 6.21. The number of anilines is 1. The Morgan fingerprint density at radius 1 is 1.27 bits per heavy atom. The van der Waals surface area contributed by atoms with Crippen molar-refractivity contribution in [3.63, 3.8) is 0 Å². The van der Waals surface area contributed by atoms with Crippen LogP contribution in [0.5, 0.6) is 0 Å². The van der Waals surface area contributed by atoms with Gasteiger partial charge in [0.15, 0.2) is 0 Å². The molecule has 1 aliphatic rings. The molecular formula is C8H11ClN2. The Kier molecular flexibility index (Phi) is 2.35. The number of aromatic nitrogens is 1. The summed E-state index contributed by atoms with van der Waals surface area (Å²) in [6.45, 7) is 0. The molecule has 1 aliphatic carbocycles. The first-order valence-corrected chi connectivity index (χ1v) is 3.60. The maximum absolute atomic E-state index is 5.52. The highest BCUT2D eigenvalue weighted by Crippen LogP contribution is 2.20. The molecule has 60 valence electrons. The molecule has 0 bridgehead atoms. The first-order valence-electron chi connectivity index (χ1n) is 3.60. The van der Waals surface area contributed by atoms with Gasteiger partial charge < -0.3 is 5.73 Å². The molecule has 2 N–H and O–H groups in total. The van der Waals surface area contributed by atoms with Crippen LogP contribution in [-0.2, 0) is 12.8 Å². The average Bonchev–Trinajstić information content (AvgIpc) is 2.33. The van der Waals surface area contributed by atoms with Crippen LogP contribution in [0.4, 0.5) is 5.82 Å². The van der Waals surface area contributed by atoms with Crippen molar-refractivity contribution in [3.8, 4) is 0 Å². The molecule has 0 unspecified atom stereocenters. The van der Waals surface area contributed by atoms with Crippen LogP contribution >= 0.6 is 12.4 Å². The lowest BCUT2D eigenvalue weighted by Gasteiger charge is -1.97. The Morgan fingerprint density at radius 3 is 2.91 bits per heavy atom. The molecule has 0 atom stereocenters. The van der Waals surface area contributed by atoms with Crippen LogP contribution in [0.25, 0.3) is 0 Å². The molecule has 1 aromatic heterocycles. The standard InChI is InChI=1S/C8H10N2.ClH/c9-8-5-4-6-2-1-3-7(6)10-8;/h4-5H,1-3H2,(H2,9,10);1H. The van der Waals surface area contributed by atoms with Crippen molar-refractivity contribution >= 4 is 18.2 Å². The predicted molar refractivity (Wildman–Crippen MR) is 47.9 cm³/mol. The lowest BCUT2D eigenvalue weighted by molar-refractivity contribution is 0.900. The van der Waals surface area contributed by atoms with Gasteiger partial charge in [0, 0.05) is 5.69 Å². The van der Waals surface area contributed by atoms with E-state index in [1.54, 1.807) is 0 Å². The normalized spacial score (nSPS) is 13.8. The fourth-order valence-electron chi connectivity index (χ4n) is 1.44. The Bertz CT molecular complexity index is 260. The van der Waals surface area contributed by atoms with Crippen LogP contribution < -0.4 is 5.73 Å². The smallest absolute Gasteiger partial charge is 0.123 e. The van der Waals surface area contributed by atoms with Crippen molar-refractivity contribution in [1.82, 2.24) is 4.98 Å². The van der Waals surface area contributed by atoms with Gasteiger partial charge in [0.05, 0.1) is 0 Å². The zero-order valence-corrected chi connectivity index (χ0v) is 7.03. The lowest BCUT2D eigenvalue weighted by Crippen LogP contribution is -1.93. The molecule has 3 heteroatoms. The molecule has 1 aromatic rings. The second-order valence-electron chi connectivity index (χ2n) is 2.70. The van der Waals surface area contributed by atoms with Gasteiger partial charge in [0.25, 0.3) is 0 Å². The predicted octanol–water partition coefficient (Wildman–Crippen LogP) is 1.57. The summed E-state index contributed by atoms with van der Waals surface area (Å²) in [7, 11) is 0. The summed E-state index contributed by atoms with van der Waals surface area (Å²) in [4.78, 5) is 4.23. The summed E-state index contributed by atoms with van der Waals surface area (Å²) in [6.07, 6.45) is 3.54. The van der Waals surface area contributed by atoms with E-state index in [2.05, 4.69) is 11.1 Å². The number of hydrogen-bond acceptors (Lipinski definition) is 2.